The SMILES string of the molecule is C[C@]12CC[C@@H]3c4c(cc(O)cc4OBOc4cc(O)cc5c4[C@H]4CC[C@]6(C)[C@H](O)CC[C@H]6[C@@H]4CC5)CC[C@H]3[C@@H]1CC[C@H]2O. The predicted octanol–water partition coefficient (Wildman–Crippen LogP) is 6.26. The predicted molar refractivity (Wildman–Crippen MR) is 166 cm³/mol. The summed E-state index contributed by atoms with van der Waals surface area (Å²) in [6, 6.07) is 7.34. The van der Waals surface area contributed by atoms with Crippen molar-refractivity contribution in [2.24, 2.45) is 34.5 Å². The molecule has 4 fully saturated rings. The number of benzene rings is 2. The van der Waals surface area contributed by atoms with Gasteiger partial charge < -0.3 is 29.7 Å². The Morgan fingerprint density at radius 3 is 1.51 bits per heavy atom. The van der Waals surface area contributed by atoms with Gasteiger partial charge in [-0.05, 0) is 158 Å². The number of aliphatic hydroxyl groups is 2. The molecule has 8 rings (SSSR count). The summed E-state index contributed by atoms with van der Waals surface area (Å²) in [6.07, 6.45) is 11.7. The van der Waals surface area contributed by atoms with Crippen molar-refractivity contribution in [3.05, 3.63) is 46.5 Å². The number of rotatable bonds is 4. The van der Waals surface area contributed by atoms with E-state index in [2.05, 4.69) is 13.8 Å². The maximum Gasteiger partial charge on any atom is 0.576 e. The summed E-state index contributed by atoms with van der Waals surface area (Å²) in [5, 5.41) is 42.9. The zero-order valence-corrected chi connectivity index (χ0v) is 25.7. The summed E-state index contributed by atoms with van der Waals surface area (Å²) in [5.74, 6) is 4.73. The summed E-state index contributed by atoms with van der Waals surface area (Å²) in [5.41, 5.74) is 4.84. The molecule has 2 aromatic carbocycles. The number of phenolic OH excluding ortho intramolecular Hbond substituents is 2. The lowest BCUT2D eigenvalue weighted by molar-refractivity contribution is -0.0228. The lowest BCUT2D eigenvalue weighted by Crippen LogP contribution is -2.44. The first kappa shape index (κ1) is 28.1. The highest BCUT2D eigenvalue weighted by Gasteiger charge is 2.56. The minimum atomic E-state index is -0.201. The molecule has 0 saturated heterocycles. The summed E-state index contributed by atoms with van der Waals surface area (Å²) in [7, 11) is 0.0142. The third kappa shape index (κ3) is 4.20. The molecular weight excluding hydrogens is 539 g/mol. The van der Waals surface area contributed by atoms with Crippen molar-refractivity contribution in [3.8, 4) is 23.0 Å². The Balaban J connectivity index is 1.05. The van der Waals surface area contributed by atoms with Crippen molar-refractivity contribution in [2.75, 3.05) is 0 Å². The zero-order chi connectivity index (χ0) is 29.7. The molecule has 10 atom stereocenters. The number of aryl methyl sites for hydroxylation is 2. The van der Waals surface area contributed by atoms with Gasteiger partial charge in [-0.3, -0.25) is 0 Å². The van der Waals surface area contributed by atoms with Crippen molar-refractivity contribution in [3.63, 3.8) is 0 Å². The standard InChI is InChI=1S/C36H47BO6/c1-35-13-11-25-23(27(35)7-9-31(35)40)5-3-19-15-21(38)17-29(33(19)25)42-37-43-30-18-22(39)16-20-4-6-24-26(34(20)30)12-14-36(2)28(24)8-10-32(36)41/h15-18,23-28,31-32,37-41H,3-14H2,1-2H3/t23-,24-,25+,26+,27+,28+,31-,32-,35+,36+/m1/s1. The van der Waals surface area contributed by atoms with Crippen LogP contribution in [0.15, 0.2) is 24.3 Å². The van der Waals surface area contributed by atoms with Crippen LogP contribution in [0.5, 0.6) is 23.0 Å². The van der Waals surface area contributed by atoms with Crippen molar-refractivity contribution < 1.29 is 29.7 Å². The molecule has 7 heteroatoms. The topological polar surface area (TPSA) is 99.4 Å². The van der Waals surface area contributed by atoms with Gasteiger partial charge in [0.05, 0.1) is 12.2 Å². The summed E-state index contributed by atoms with van der Waals surface area (Å²) >= 11 is 0. The van der Waals surface area contributed by atoms with E-state index in [0.717, 1.165) is 77.0 Å². The van der Waals surface area contributed by atoms with E-state index in [4.69, 9.17) is 9.31 Å². The second-order valence-corrected chi connectivity index (χ2v) is 15.5. The van der Waals surface area contributed by atoms with E-state index in [1.54, 1.807) is 12.1 Å². The molecule has 6 aliphatic carbocycles. The van der Waals surface area contributed by atoms with Crippen molar-refractivity contribution in [1.29, 1.82) is 0 Å². The lowest BCUT2D eigenvalue weighted by Gasteiger charge is -2.50. The molecule has 2 aromatic rings. The first-order valence-electron chi connectivity index (χ1n) is 17.0. The first-order chi connectivity index (χ1) is 20.7. The molecule has 0 amide bonds. The van der Waals surface area contributed by atoms with Crippen LogP contribution < -0.4 is 9.31 Å². The van der Waals surface area contributed by atoms with Gasteiger partial charge in [-0.1, -0.05) is 13.8 Å². The quantitative estimate of drug-likeness (QED) is 0.316. The maximum atomic E-state index is 10.8. The van der Waals surface area contributed by atoms with Crippen LogP contribution >= 0.6 is 0 Å². The lowest BCUT2D eigenvalue weighted by atomic mass is 9.55. The number of hydrogen-bond acceptors (Lipinski definition) is 6. The largest absolute Gasteiger partial charge is 0.576 e. The smallest absolute Gasteiger partial charge is 0.528 e. The molecule has 0 spiro atoms. The van der Waals surface area contributed by atoms with E-state index in [1.807, 2.05) is 12.1 Å². The third-order valence-electron chi connectivity index (χ3n) is 13.9. The van der Waals surface area contributed by atoms with Gasteiger partial charge in [-0.15, -0.1) is 0 Å². The molecule has 0 bridgehead atoms. The first-order valence-corrected chi connectivity index (χ1v) is 17.0. The molecule has 0 aliphatic heterocycles. The fourth-order valence-electron chi connectivity index (χ4n) is 11.7. The monoisotopic (exact) mass is 586 g/mol. The molecule has 0 heterocycles. The fourth-order valence-corrected chi connectivity index (χ4v) is 11.7. The number of aromatic hydroxyl groups is 2. The average molecular weight is 587 g/mol. The minimum Gasteiger partial charge on any atom is -0.528 e. The average Bonchev–Trinajstić information content (AvgIpc) is 3.46. The third-order valence-corrected chi connectivity index (χ3v) is 13.9. The molecule has 230 valence electrons. The summed E-state index contributed by atoms with van der Waals surface area (Å²) in [4.78, 5) is 0. The highest BCUT2D eigenvalue weighted by atomic mass is 16.6. The molecule has 43 heavy (non-hydrogen) atoms. The number of fused-ring (bicyclic) bond motifs is 10. The summed E-state index contributed by atoms with van der Waals surface area (Å²) in [6.45, 7) is 4.59. The van der Waals surface area contributed by atoms with Gasteiger partial charge in [0.2, 0.25) is 0 Å². The van der Waals surface area contributed by atoms with Crippen molar-refractivity contribution >= 4 is 7.69 Å². The Kier molecular flexibility index (Phi) is 6.59. The van der Waals surface area contributed by atoms with E-state index in [-0.39, 0.29) is 42.2 Å². The van der Waals surface area contributed by atoms with Crippen LogP contribution in [0.1, 0.15) is 112 Å². The normalized spacial score (nSPS) is 40.7. The van der Waals surface area contributed by atoms with Crippen LogP contribution in [0.2, 0.25) is 0 Å². The highest BCUT2D eigenvalue weighted by Crippen LogP contribution is 2.63. The molecule has 4 saturated carbocycles. The van der Waals surface area contributed by atoms with Crippen LogP contribution in [0.25, 0.3) is 0 Å². The molecule has 0 radical (unpaired) electrons. The van der Waals surface area contributed by atoms with E-state index in [0.29, 0.717) is 47.0 Å². The Labute approximate surface area is 256 Å². The van der Waals surface area contributed by atoms with E-state index in [1.165, 1.54) is 22.3 Å². The van der Waals surface area contributed by atoms with Gasteiger partial charge in [0.15, 0.2) is 0 Å². The van der Waals surface area contributed by atoms with E-state index < -0.39 is 0 Å². The highest BCUT2D eigenvalue weighted by molar-refractivity contribution is 6.21. The van der Waals surface area contributed by atoms with Crippen molar-refractivity contribution in [1.82, 2.24) is 0 Å². The number of aliphatic hydroxyl groups excluding tert-OH is 2. The van der Waals surface area contributed by atoms with E-state index in [9.17, 15) is 20.4 Å². The van der Waals surface area contributed by atoms with Crippen LogP contribution in [0.4, 0.5) is 0 Å². The van der Waals surface area contributed by atoms with Gasteiger partial charge in [-0.25, -0.2) is 0 Å². The Morgan fingerprint density at radius 1 is 0.628 bits per heavy atom. The summed E-state index contributed by atoms with van der Waals surface area (Å²) < 4.78 is 12.8. The molecule has 4 N–H and O–H groups in total. The van der Waals surface area contributed by atoms with Gasteiger partial charge >= 0.3 is 7.69 Å². The molecule has 6 aliphatic rings. The molecule has 0 aromatic heterocycles. The van der Waals surface area contributed by atoms with Crippen LogP contribution in [0, 0.1) is 34.5 Å². The maximum absolute atomic E-state index is 10.8. The molecule has 6 nitrogen and oxygen atoms in total. The Morgan fingerprint density at radius 2 is 1.07 bits per heavy atom. The Hall–Kier alpha value is -2.38. The Bertz CT molecular complexity index is 1320. The fraction of sp³-hybridized carbons (Fsp3) is 0.667. The van der Waals surface area contributed by atoms with Gasteiger partial charge in [0.1, 0.15) is 23.0 Å². The van der Waals surface area contributed by atoms with Gasteiger partial charge in [-0.2, -0.15) is 0 Å². The van der Waals surface area contributed by atoms with Crippen LogP contribution in [0.3, 0.4) is 0 Å². The second-order valence-electron chi connectivity index (χ2n) is 15.5. The zero-order valence-electron chi connectivity index (χ0n) is 25.7. The van der Waals surface area contributed by atoms with E-state index >= 15 is 0 Å². The second kappa shape index (κ2) is 10.1. The van der Waals surface area contributed by atoms with Gasteiger partial charge in [0, 0.05) is 12.1 Å². The van der Waals surface area contributed by atoms with Crippen molar-refractivity contribution in [2.45, 2.75) is 115 Å². The number of hydrogen-bond donors (Lipinski definition) is 4. The van der Waals surface area contributed by atoms with Gasteiger partial charge in [0.25, 0.3) is 0 Å². The molecular formula is C36H47BO6. The minimum absolute atomic E-state index is 0.0130. The number of phenols is 2. The van der Waals surface area contributed by atoms with Crippen LogP contribution in [-0.2, 0) is 12.8 Å². The molecule has 0 unspecified atom stereocenters. The van der Waals surface area contributed by atoms with Crippen LogP contribution in [-0.4, -0.2) is 40.3 Å².